The van der Waals surface area contributed by atoms with Crippen molar-refractivity contribution in [2.75, 3.05) is 13.3 Å². The largest absolute Gasteiger partial charge is 0.454 e. The minimum Gasteiger partial charge on any atom is -0.454 e. The Balaban J connectivity index is 1.56. The average Bonchev–Trinajstić information content (AvgIpc) is 3.01. The molecule has 5 nitrogen and oxygen atoms in total. The SMILES string of the molecule is Cc1ccc(CS(=O)(=O)N2CCc3cc4c(cc3C2)OCO4)cc1. The molecule has 0 bridgehead atoms. The topological polar surface area (TPSA) is 55.8 Å². The molecular formula is C18H19NO4S. The Morgan fingerprint density at radius 1 is 1.04 bits per heavy atom. The lowest BCUT2D eigenvalue weighted by Crippen LogP contribution is -2.36. The number of ether oxygens (including phenoxy) is 2. The van der Waals surface area contributed by atoms with Gasteiger partial charge in [-0.25, -0.2) is 8.42 Å². The number of benzene rings is 2. The zero-order valence-electron chi connectivity index (χ0n) is 13.5. The Hall–Kier alpha value is -2.05. The fourth-order valence-electron chi connectivity index (χ4n) is 3.14. The molecule has 126 valence electrons. The third-order valence-electron chi connectivity index (χ3n) is 4.54. The van der Waals surface area contributed by atoms with E-state index in [4.69, 9.17) is 9.47 Å². The molecule has 0 aromatic heterocycles. The van der Waals surface area contributed by atoms with Gasteiger partial charge in [0.25, 0.3) is 0 Å². The first-order chi connectivity index (χ1) is 11.5. The van der Waals surface area contributed by atoms with E-state index in [1.54, 1.807) is 4.31 Å². The Kier molecular flexibility index (Phi) is 3.73. The Morgan fingerprint density at radius 3 is 2.42 bits per heavy atom. The van der Waals surface area contributed by atoms with Gasteiger partial charge in [-0.2, -0.15) is 4.31 Å². The summed E-state index contributed by atoms with van der Waals surface area (Å²) in [4.78, 5) is 0. The fourth-order valence-corrected chi connectivity index (χ4v) is 4.65. The number of aryl methyl sites for hydroxylation is 1. The highest BCUT2D eigenvalue weighted by Crippen LogP contribution is 2.37. The fraction of sp³-hybridized carbons (Fsp3) is 0.333. The first-order valence-corrected chi connectivity index (χ1v) is 9.57. The van der Waals surface area contributed by atoms with Gasteiger partial charge in [0.05, 0.1) is 5.75 Å². The lowest BCUT2D eigenvalue weighted by atomic mass is 10.0. The third kappa shape index (κ3) is 2.87. The van der Waals surface area contributed by atoms with Crippen molar-refractivity contribution < 1.29 is 17.9 Å². The second kappa shape index (κ2) is 5.79. The van der Waals surface area contributed by atoms with Gasteiger partial charge in [0.15, 0.2) is 11.5 Å². The molecule has 6 heteroatoms. The molecule has 2 aromatic carbocycles. The minimum atomic E-state index is -3.34. The van der Waals surface area contributed by atoms with Crippen LogP contribution in [0.4, 0.5) is 0 Å². The van der Waals surface area contributed by atoms with Crippen molar-refractivity contribution >= 4 is 10.0 Å². The molecular weight excluding hydrogens is 326 g/mol. The highest BCUT2D eigenvalue weighted by atomic mass is 32.2. The molecule has 4 rings (SSSR count). The van der Waals surface area contributed by atoms with Crippen LogP contribution in [0.25, 0.3) is 0 Å². The summed E-state index contributed by atoms with van der Waals surface area (Å²) in [5.41, 5.74) is 4.08. The van der Waals surface area contributed by atoms with Gasteiger partial charge >= 0.3 is 0 Å². The summed E-state index contributed by atoms with van der Waals surface area (Å²) in [5, 5.41) is 0. The van der Waals surface area contributed by atoms with Crippen LogP contribution in [0.1, 0.15) is 22.3 Å². The lowest BCUT2D eigenvalue weighted by Gasteiger charge is -2.28. The molecule has 0 radical (unpaired) electrons. The molecule has 0 saturated heterocycles. The van der Waals surface area contributed by atoms with Gasteiger partial charge in [0.2, 0.25) is 16.8 Å². The van der Waals surface area contributed by atoms with Crippen molar-refractivity contribution in [3.63, 3.8) is 0 Å². The predicted octanol–water partition coefficient (Wildman–Crippen LogP) is 2.61. The van der Waals surface area contributed by atoms with E-state index in [0.29, 0.717) is 25.3 Å². The summed E-state index contributed by atoms with van der Waals surface area (Å²) < 4.78 is 37.9. The molecule has 0 atom stereocenters. The summed E-state index contributed by atoms with van der Waals surface area (Å²) >= 11 is 0. The number of sulfonamides is 1. The van der Waals surface area contributed by atoms with Gasteiger partial charge in [-0.1, -0.05) is 29.8 Å². The normalized spacial score (nSPS) is 16.9. The van der Waals surface area contributed by atoms with Crippen LogP contribution in [0, 0.1) is 6.92 Å². The molecule has 0 N–H and O–H groups in total. The van der Waals surface area contributed by atoms with Crippen molar-refractivity contribution in [3.8, 4) is 11.5 Å². The van der Waals surface area contributed by atoms with Crippen molar-refractivity contribution in [3.05, 3.63) is 58.7 Å². The zero-order chi connectivity index (χ0) is 16.7. The summed E-state index contributed by atoms with van der Waals surface area (Å²) in [7, 11) is -3.34. The van der Waals surface area contributed by atoms with E-state index in [1.165, 1.54) is 0 Å². The van der Waals surface area contributed by atoms with Gasteiger partial charge < -0.3 is 9.47 Å². The maximum absolute atomic E-state index is 12.8. The summed E-state index contributed by atoms with van der Waals surface area (Å²) in [5.74, 6) is 1.49. The molecule has 0 fully saturated rings. The van der Waals surface area contributed by atoms with Crippen LogP contribution in [-0.2, 0) is 28.7 Å². The highest BCUT2D eigenvalue weighted by molar-refractivity contribution is 7.88. The van der Waals surface area contributed by atoms with Crippen LogP contribution in [0.5, 0.6) is 11.5 Å². The second-order valence-electron chi connectivity index (χ2n) is 6.30. The molecule has 2 aliphatic heterocycles. The van der Waals surface area contributed by atoms with E-state index < -0.39 is 10.0 Å². The predicted molar refractivity (Wildman–Crippen MR) is 90.5 cm³/mol. The first kappa shape index (κ1) is 15.5. The van der Waals surface area contributed by atoms with E-state index in [9.17, 15) is 8.42 Å². The molecule has 2 aliphatic rings. The summed E-state index contributed by atoms with van der Waals surface area (Å²) in [6.07, 6.45) is 0.694. The molecule has 0 amide bonds. The average molecular weight is 345 g/mol. The van der Waals surface area contributed by atoms with Crippen LogP contribution in [0.3, 0.4) is 0 Å². The molecule has 0 unspecified atom stereocenters. The Bertz CT molecular complexity index is 875. The molecule has 2 aromatic rings. The lowest BCUT2D eigenvalue weighted by molar-refractivity contribution is 0.174. The molecule has 24 heavy (non-hydrogen) atoms. The standard InChI is InChI=1S/C18H19NO4S/c1-13-2-4-14(5-3-13)11-24(20,21)19-7-6-15-8-17-18(23-12-22-17)9-16(15)10-19/h2-5,8-9H,6-7,10-12H2,1H3. The van der Waals surface area contributed by atoms with Crippen LogP contribution in [-0.4, -0.2) is 26.1 Å². The Labute approximate surface area is 141 Å². The maximum Gasteiger partial charge on any atom is 0.231 e. The maximum atomic E-state index is 12.8. The molecule has 0 saturated carbocycles. The van der Waals surface area contributed by atoms with E-state index in [1.807, 2.05) is 43.3 Å². The monoisotopic (exact) mass is 345 g/mol. The van der Waals surface area contributed by atoms with Gasteiger partial charge in [-0.15, -0.1) is 0 Å². The zero-order valence-corrected chi connectivity index (χ0v) is 14.3. The van der Waals surface area contributed by atoms with Crippen molar-refractivity contribution in [1.29, 1.82) is 0 Å². The highest BCUT2D eigenvalue weighted by Gasteiger charge is 2.29. The van der Waals surface area contributed by atoms with E-state index in [-0.39, 0.29) is 12.5 Å². The number of hydrogen-bond acceptors (Lipinski definition) is 4. The van der Waals surface area contributed by atoms with E-state index >= 15 is 0 Å². The number of nitrogens with zero attached hydrogens (tertiary/aromatic N) is 1. The van der Waals surface area contributed by atoms with Crippen LogP contribution in [0.15, 0.2) is 36.4 Å². The smallest absolute Gasteiger partial charge is 0.231 e. The van der Waals surface area contributed by atoms with Gasteiger partial charge in [0, 0.05) is 13.1 Å². The second-order valence-corrected chi connectivity index (χ2v) is 8.27. The first-order valence-electron chi connectivity index (χ1n) is 7.96. The quantitative estimate of drug-likeness (QED) is 0.858. The van der Waals surface area contributed by atoms with Crippen molar-refractivity contribution in [2.24, 2.45) is 0 Å². The number of fused-ring (bicyclic) bond motifs is 2. The van der Waals surface area contributed by atoms with Crippen molar-refractivity contribution in [1.82, 2.24) is 4.31 Å². The van der Waals surface area contributed by atoms with E-state index in [0.717, 1.165) is 28.0 Å². The van der Waals surface area contributed by atoms with Crippen molar-refractivity contribution in [2.45, 2.75) is 25.6 Å². The van der Waals surface area contributed by atoms with Gasteiger partial charge in [-0.3, -0.25) is 0 Å². The third-order valence-corrected chi connectivity index (χ3v) is 6.33. The van der Waals surface area contributed by atoms with Crippen LogP contribution < -0.4 is 9.47 Å². The van der Waals surface area contributed by atoms with Crippen LogP contribution >= 0.6 is 0 Å². The van der Waals surface area contributed by atoms with Gasteiger partial charge in [0.1, 0.15) is 0 Å². The molecule has 0 spiro atoms. The molecule has 2 heterocycles. The van der Waals surface area contributed by atoms with Crippen LogP contribution in [0.2, 0.25) is 0 Å². The minimum absolute atomic E-state index is 0.0349. The summed E-state index contributed by atoms with van der Waals surface area (Å²) in [6.45, 7) is 3.11. The number of hydrogen-bond donors (Lipinski definition) is 0. The van der Waals surface area contributed by atoms with E-state index in [2.05, 4.69) is 0 Å². The Morgan fingerprint density at radius 2 is 1.71 bits per heavy atom. The van der Waals surface area contributed by atoms with Gasteiger partial charge in [-0.05, 0) is 42.2 Å². The summed E-state index contributed by atoms with van der Waals surface area (Å²) in [6, 6.07) is 11.5. The number of rotatable bonds is 3. The molecule has 0 aliphatic carbocycles.